The van der Waals surface area contributed by atoms with Crippen LogP contribution in [0.3, 0.4) is 0 Å². The first-order valence-electron chi connectivity index (χ1n) is 6.49. The van der Waals surface area contributed by atoms with E-state index in [0.717, 1.165) is 18.4 Å². The fourth-order valence-corrected chi connectivity index (χ4v) is 1.84. The number of benzene rings is 1. The van der Waals surface area contributed by atoms with Crippen molar-refractivity contribution in [2.24, 2.45) is 0 Å². The minimum atomic E-state index is -0.121. The molecule has 0 aliphatic carbocycles. The van der Waals surface area contributed by atoms with Gasteiger partial charge in [0.15, 0.2) is 0 Å². The molecule has 0 spiro atoms. The van der Waals surface area contributed by atoms with Crippen LogP contribution >= 0.6 is 0 Å². The molecular formula is C14H18N2O3. The number of aromatic hydroxyl groups is 1. The van der Waals surface area contributed by atoms with Gasteiger partial charge in [0, 0.05) is 12.2 Å². The first kappa shape index (κ1) is 13.5. The molecule has 5 nitrogen and oxygen atoms in total. The Bertz CT molecular complexity index is 502. The Balaban J connectivity index is 2.19. The maximum absolute atomic E-state index is 9.25. The van der Waals surface area contributed by atoms with Crippen LogP contribution in [-0.2, 0) is 4.74 Å². The van der Waals surface area contributed by atoms with Gasteiger partial charge in [0.2, 0.25) is 5.82 Å². The molecule has 2 rings (SSSR count). The second kappa shape index (κ2) is 6.33. The van der Waals surface area contributed by atoms with E-state index < -0.39 is 0 Å². The Morgan fingerprint density at radius 2 is 2.00 bits per heavy atom. The molecule has 102 valence electrons. The van der Waals surface area contributed by atoms with E-state index in [2.05, 4.69) is 17.1 Å². The normalized spacial score (nSPS) is 12.5. The van der Waals surface area contributed by atoms with Crippen LogP contribution in [0.4, 0.5) is 0 Å². The van der Waals surface area contributed by atoms with Crippen molar-refractivity contribution in [3.8, 4) is 17.2 Å². The Kier molecular flexibility index (Phi) is 4.52. The lowest BCUT2D eigenvalue weighted by molar-refractivity contribution is 0.0478. The first-order chi connectivity index (χ1) is 9.24. The molecule has 19 heavy (non-hydrogen) atoms. The average Bonchev–Trinajstić information content (AvgIpc) is 2.89. The van der Waals surface area contributed by atoms with Gasteiger partial charge >= 0.3 is 0 Å². The van der Waals surface area contributed by atoms with E-state index in [9.17, 15) is 5.11 Å². The lowest BCUT2D eigenvalue weighted by Gasteiger charge is -2.11. The third-order valence-corrected chi connectivity index (χ3v) is 2.76. The van der Waals surface area contributed by atoms with Crippen LogP contribution < -0.4 is 0 Å². The number of nitrogens with zero attached hydrogens (tertiary/aromatic N) is 2. The Morgan fingerprint density at radius 3 is 2.63 bits per heavy atom. The van der Waals surface area contributed by atoms with Crippen LogP contribution in [0.2, 0.25) is 0 Å². The number of hydrogen-bond donors (Lipinski definition) is 1. The number of phenolic OH excluding ortho intramolecular Hbond substituents is 1. The highest BCUT2D eigenvalue weighted by Crippen LogP contribution is 2.24. The number of ether oxygens (including phenoxy) is 1. The SMILES string of the molecule is CCCC(OCC)c1noc(-c2ccc(O)cc2)n1. The van der Waals surface area contributed by atoms with Crippen molar-refractivity contribution in [2.45, 2.75) is 32.8 Å². The maximum atomic E-state index is 9.25. The summed E-state index contributed by atoms with van der Waals surface area (Å²) in [6.07, 6.45) is 1.74. The van der Waals surface area contributed by atoms with Gasteiger partial charge in [-0.25, -0.2) is 0 Å². The number of phenols is 1. The molecule has 0 fully saturated rings. The summed E-state index contributed by atoms with van der Waals surface area (Å²) in [6, 6.07) is 6.65. The van der Waals surface area contributed by atoms with Gasteiger partial charge in [0.1, 0.15) is 11.9 Å². The molecule has 1 atom stereocenters. The smallest absolute Gasteiger partial charge is 0.258 e. The lowest BCUT2D eigenvalue weighted by atomic mass is 10.2. The van der Waals surface area contributed by atoms with Crippen LogP contribution in [0.15, 0.2) is 28.8 Å². The molecule has 1 unspecified atom stereocenters. The van der Waals surface area contributed by atoms with Gasteiger partial charge in [-0.1, -0.05) is 18.5 Å². The Labute approximate surface area is 112 Å². The molecule has 0 saturated carbocycles. The highest BCUT2D eigenvalue weighted by molar-refractivity contribution is 5.53. The quantitative estimate of drug-likeness (QED) is 0.864. The summed E-state index contributed by atoms with van der Waals surface area (Å²) >= 11 is 0. The van der Waals surface area contributed by atoms with Gasteiger partial charge in [-0.15, -0.1) is 0 Å². The molecular weight excluding hydrogens is 244 g/mol. The van der Waals surface area contributed by atoms with Crippen molar-refractivity contribution >= 4 is 0 Å². The zero-order valence-electron chi connectivity index (χ0n) is 11.2. The van der Waals surface area contributed by atoms with Crippen molar-refractivity contribution in [3.05, 3.63) is 30.1 Å². The topological polar surface area (TPSA) is 68.4 Å². The molecule has 1 N–H and O–H groups in total. The van der Waals surface area contributed by atoms with Crippen molar-refractivity contribution in [2.75, 3.05) is 6.61 Å². The summed E-state index contributed by atoms with van der Waals surface area (Å²) in [5.74, 6) is 1.23. The molecule has 0 radical (unpaired) electrons. The van der Waals surface area contributed by atoms with E-state index >= 15 is 0 Å². The molecule has 0 aliphatic rings. The van der Waals surface area contributed by atoms with Gasteiger partial charge in [0.05, 0.1) is 0 Å². The maximum Gasteiger partial charge on any atom is 0.258 e. The Morgan fingerprint density at radius 1 is 1.26 bits per heavy atom. The molecule has 1 heterocycles. The van der Waals surface area contributed by atoms with Gasteiger partial charge < -0.3 is 14.4 Å². The predicted octanol–water partition coefficient (Wildman–Crippen LogP) is 3.32. The van der Waals surface area contributed by atoms with Crippen LogP contribution in [0.1, 0.15) is 38.6 Å². The molecule has 2 aromatic rings. The standard InChI is InChI=1S/C14H18N2O3/c1-3-5-12(18-4-2)13-15-14(19-16-13)10-6-8-11(17)9-7-10/h6-9,12,17H,3-5H2,1-2H3. The van der Waals surface area contributed by atoms with Crippen LogP contribution in [0.5, 0.6) is 5.75 Å². The Hall–Kier alpha value is -1.88. The highest BCUT2D eigenvalue weighted by Gasteiger charge is 2.18. The molecule has 5 heteroatoms. The zero-order chi connectivity index (χ0) is 13.7. The summed E-state index contributed by atoms with van der Waals surface area (Å²) in [6.45, 7) is 4.66. The van der Waals surface area contributed by atoms with Crippen molar-refractivity contribution < 1.29 is 14.4 Å². The lowest BCUT2D eigenvalue weighted by Crippen LogP contribution is -2.05. The molecule has 1 aromatic heterocycles. The van der Waals surface area contributed by atoms with Crippen LogP contribution in [0, 0.1) is 0 Å². The third-order valence-electron chi connectivity index (χ3n) is 2.76. The van der Waals surface area contributed by atoms with Crippen molar-refractivity contribution in [1.29, 1.82) is 0 Å². The molecule has 0 aliphatic heterocycles. The van der Waals surface area contributed by atoms with Crippen LogP contribution in [-0.4, -0.2) is 21.9 Å². The van der Waals surface area contributed by atoms with Crippen molar-refractivity contribution in [3.63, 3.8) is 0 Å². The van der Waals surface area contributed by atoms with Crippen molar-refractivity contribution in [1.82, 2.24) is 10.1 Å². The fraction of sp³-hybridized carbons (Fsp3) is 0.429. The second-order valence-corrected chi connectivity index (χ2v) is 4.24. The van der Waals surface area contributed by atoms with Gasteiger partial charge in [0.25, 0.3) is 5.89 Å². The summed E-state index contributed by atoms with van der Waals surface area (Å²) < 4.78 is 10.9. The summed E-state index contributed by atoms with van der Waals surface area (Å²) in [5, 5.41) is 13.2. The minimum absolute atomic E-state index is 0.121. The average molecular weight is 262 g/mol. The third kappa shape index (κ3) is 3.32. The predicted molar refractivity (Wildman–Crippen MR) is 70.7 cm³/mol. The summed E-state index contributed by atoms with van der Waals surface area (Å²) in [4.78, 5) is 4.36. The van der Waals surface area contributed by atoms with E-state index in [0.29, 0.717) is 18.3 Å². The number of hydrogen-bond acceptors (Lipinski definition) is 5. The van der Waals surface area contributed by atoms with E-state index in [4.69, 9.17) is 9.26 Å². The van der Waals surface area contributed by atoms with Gasteiger partial charge in [-0.3, -0.25) is 0 Å². The first-order valence-corrected chi connectivity index (χ1v) is 6.49. The number of aromatic nitrogens is 2. The largest absolute Gasteiger partial charge is 0.508 e. The zero-order valence-corrected chi connectivity index (χ0v) is 11.2. The molecule has 1 aromatic carbocycles. The summed E-state index contributed by atoms with van der Waals surface area (Å²) in [5.41, 5.74) is 0.781. The molecule has 0 amide bonds. The van der Waals surface area contributed by atoms with E-state index in [1.807, 2.05) is 6.92 Å². The molecule has 0 saturated heterocycles. The van der Waals surface area contributed by atoms with E-state index in [-0.39, 0.29) is 11.9 Å². The second-order valence-electron chi connectivity index (χ2n) is 4.24. The van der Waals surface area contributed by atoms with Gasteiger partial charge in [-0.05, 0) is 37.6 Å². The van der Waals surface area contributed by atoms with Crippen LogP contribution in [0.25, 0.3) is 11.5 Å². The van der Waals surface area contributed by atoms with Gasteiger partial charge in [-0.2, -0.15) is 4.98 Å². The summed E-state index contributed by atoms with van der Waals surface area (Å²) in [7, 11) is 0. The van der Waals surface area contributed by atoms with E-state index in [1.165, 1.54) is 0 Å². The number of rotatable bonds is 6. The molecule has 0 bridgehead atoms. The fourth-order valence-electron chi connectivity index (χ4n) is 1.84. The van der Waals surface area contributed by atoms with E-state index in [1.54, 1.807) is 24.3 Å². The minimum Gasteiger partial charge on any atom is -0.508 e. The monoisotopic (exact) mass is 262 g/mol. The highest BCUT2D eigenvalue weighted by atomic mass is 16.5.